The van der Waals surface area contributed by atoms with Gasteiger partial charge >= 0.3 is 0 Å². The van der Waals surface area contributed by atoms with Gasteiger partial charge in [-0.25, -0.2) is 9.97 Å². The molecule has 2 unspecified atom stereocenters. The lowest BCUT2D eigenvalue weighted by Gasteiger charge is -2.35. The fraction of sp³-hybridized carbons (Fsp3) is 0.625. The minimum absolute atomic E-state index is 0.126. The summed E-state index contributed by atoms with van der Waals surface area (Å²) in [6.07, 6.45) is 1.18. The molecule has 118 valence electrons. The number of hydrogen-bond donors (Lipinski definition) is 0. The van der Waals surface area contributed by atoms with E-state index >= 15 is 0 Å². The smallest absolute Gasteiger partial charge is 0.233 e. The number of likely N-dealkylation sites (tertiary alicyclic amines) is 1. The van der Waals surface area contributed by atoms with Gasteiger partial charge in [0.15, 0.2) is 0 Å². The average molecular weight is 318 g/mol. The van der Waals surface area contributed by atoms with Crippen LogP contribution < -0.4 is 0 Å². The van der Waals surface area contributed by atoms with E-state index in [0.29, 0.717) is 39.7 Å². The Morgan fingerprint density at radius 1 is 1.32 bits per heavy atom. The number of aryl methyl sites for hydroxylation is 2. The van der Waals surface area contributed by atoms with Crippen molar-refractivity contribution in [3.8, 4) is 6.07 Å². The summed E-state index contributed by atoms with van der Waals surface area (Å²) in [7, 11) is 0. The standard InChI is InChI=1S/C16H22N4OS/c1-10-5-11(2)8-20(7-10)15(21)9-22-16-14(6-17)12(3)18-13(4)19-16/h10-11H,5,7-9H2,1-4H3. The molecule has 0 N–H and O–H groups in total. The van der Waals surface area contributed by atoms with Crippen LogP contribution in [0.15, 0.2) is 5.03 Å². The number of nitrogens with zero attached hydrogens (tertiary/aromatic N) is 4. The van der Waals surface area contributed by atoms with E-state index in [1.165, 1.54) is 18.2 Å². The van der Waals surface area contributed by atoms with Crippen LogP contribution in [0.4, 0.5) is 0 Å². The van der Waals surface area contributed by atoms with Crippen LogP contribution in [0, 0.1) is 37.0 Å². The summed E-state index contributed by atoms with van der Waals surface area (Å²) in [5.74, 6) is 2.18. The molecule has 1 aliphatic heterocycles. The number of amides is 1. The van der Waals surface area contributed by atoms with E-state index in [1.807, 2.05) is 4.90 Å². The molecule has 0 spiro atoms. The van der Waals surface area contributed by atoms with Crippen LogP contribution in [0.3, 0.4) is 0 Å². The highest BCUT2D eigenvalue weighted by atomic mass is 32.2. The van der Waals surface area contributed by atoms with E-state index in [0.717, 1.165) is 13.1 Å². The first-order valence-corrected chi connectivity index (χ1v) is 8.55. The van der Waals surface area contributed by atoms with Crippen molar-refractivity contribution in [1.29, 1.82) is 5.26 Å². The first-order valence-electron chi connectivity index (χ1n) is 7.56. The number of thioether (sulfide) groups is 1. The molecule has 22 heavy (non-hydrogen) atoms. The van der Waals surface area contributed by atoms with Crippen LogP contribution in [-0.2, 0) is 4.79 Å². The molecule has 1 amide bonds. The largest absolute Gasteiger partial charge is 0.341 e. The lowest BCUT2D eigenvalue weighted by molar-refractivity contribution is -0.130. The fourth-order valence-corrected chi connectivity index (χ4v) is 3.98. The van der Waals surface area contributed by atoms with Crippen molar-refractivity contribution in [2.75, 3.05) is 18.8 Å². The van der Waals surface area contributed by atoms with Gasteiger partial charge in [0, 0.05) is 13.1 Å². The van der Waals surface area contributed by atoms with Crippen LogP contribution in [-0.4, -0.2) is 39.6 Å². The van der Waals surface area contributed by atoms with Gasteiger partial charge in [0.05, 0.1) is 11.4 Å². The summed E-state index contributed by atoms with van der Waals surface area (Å²) in [4.78, 5) is 22.9. The van der Waals surface area contributed by atoms with Crippen LogP contribution in [0.5, 0.6) is 0 Å². The summed E-state index contributed by atoms with van der Waals surface area (Å²) in [6, 6.07) is 2.14. The maximum atomic E-state index is 12.4. The third-order valence-corrected chi connectivity index (χ3v) is 4.79. The van der Waals surface area contributed by atoms with E-state index in [9.17, 15) is 10.1 Å². The molecular weight excluding hydrogens is 296 g/mol. The number of nitriles is 1. The molecule has 2 rings (SSSR count). The minimum Gasteiger partial charge on any atom is -0.341 e. The molecule has 1 saturated heterocycles. The molecule has 0 aromatic carbocycles. The van der Waals surface area contributed by atoms with Crippen molar-refractivity contribution in [2.24, 2.45) is 11.8 Å². The molecule has 0 aliphatic carbocycles. The van der Waals surface area contributed by atoms with Gasteiger partial charge in [-0.1, -0.05) is 25.6 Å². The Labute approximate surface area is 136 Å². The van der Waals surface area contributed by atoms with E-state index in [1.54, 1.807) is 13.8 Å². The molecule has 1 aliphatic rings. The summed E-state index contributed by atoms with van der Waals surface area (Å²) in [6.45, 7) is 9.64. The Morgan fingerprint density at radius 3 is 2.55 bits per heavy atom. The van der Waals surface area contributed by atoms with Gasteiger partial charge in [-0.3, -0.25) is 4.79 Å². The van der Waals surface area contributed by atoms with Crippen molar-refractivity contribution in [3.63, 3.8) is 0 Å². The number of rotatable bonds is 3. The zero-order chi connectivity index (χ0) is 16.3. The summed E-state index contributed by atoms with van der Waals surface area (Å²) in [5.41, 5.74) is 1.15. The highest BCUT2D eigenvalue weighted by Crippen LogP contribution is 2.25. The third-order valence-electron chi connectivity index (χ3n) is 3.83. The average Bonchev–Trinajstić information content (AvgIpc) is 2.43. The number of piperidine rings is 1. The van der Waals surface area contributed by atoms with Gasteiger partial charge in [0.25, 0.3) is 0 Å². The van der Waals surface area contributed by atoms with Gasteiger partial charge in [-0.15, -0.1) is 0 Å². The van der Waals surface area contributed by atoms with Crippen LogP contribution >= 0.6 is 11.8 Å². The molecule has 0 radical (unpaired) electrons. The fourth-order valence-electron chi connectivity index (χ4n) is 3.00. The normalized spacial score (nSPS) is 21.5. The molecule has 6 heteroatoms. The monoisotopic (exact) mass is 318 g/mol. The van der Waals surface area contributed by atoms with Crippen molar-refractivity contribution in [3.05, 3.63) is 17.1 Å². The first-order chi connectivity index (χ1) is 10.4. The lowest BCUT2D eigenvalue weighted by Crippen LogP contribution is -2.43. The summed E-state index contributed by atoms with van der Waals surface area (Å²) < 4.78 is 0. The zero-order valence-electron chi connectivity index (χ0n) is 13.6. The molecule has 1 aromatic rings. The zero-order valence-corrected chi connectivity index (χ0v) is 14.4. The van der Waals surface area contributed by atoms with Crippen molar-refractivity contribution >= 4 is 17.7 Å². The summed E-state index contributed by atoms with van der Waals surface area (Å²) >= 11 is 1.34. The topological polar surface area (TPSA) is 69.9 Å². The first kappa shape index (κ1) is 16.8. The Kier molecular flexibility index (Phi) is 5.41. The SMILES string of the molecule is Cc1nc(C)c(C#N)c(SCC(=O)N2CC(C)CC(C)C2)n1. The predicted octanol–water partition coefficient (Wildman–Crippen LogP) is 2.56. The minimum atomic E-state index is 0.126. The third kappa shape index (κ3) is 3.98. The second-order valence-electron chi connectivity index (χ2n) is 6.18. The van der Waals surface area contributed by atoms with E-state index in [2.05, 4.69) is 29.9 Å². The van der Waals surface area contributed by atoms with Gasteiger partial charge in [0.1, 0.15) is 22.5 Å². The van der Waals surface area contributed by atoms with Crippen molar-refractivity contribution < 1.29 is 4.79 Å². The summed E-state index contributed by atoms with van der Waals surface area (Å²) in [5, 5.41) is 9.85. The van der Waals surface area contributed by atoms with E-state index < -0.39 is 0 Å². The quantitative estimate of drug-likeness (QED) is 0.633. The van der Waals surface area contributed by atoms with E-state index in [-0.39, 0.29) is 5.91 Å². The van der Waals surface area contributed by atoms with Gasteiger partial charge in [-0.2, -0.15) is 5.26 Å². The van der Waals surface area contributed by atoms with Crippen LogP contribution in [0.2, 0.25) is 0 Å². The molecule has 1 aromatic heterocycles. The van der Waals surface area contributed by atoms with Gasteiger partial charge in [-0.05, 0) is 32.1 Å². The molecule has 0 bridgehead atoms. The maximum Gasteiger partial charge on any atom is 0.233 e. The molecule has 5 nitrogen and oxygen atoms in total. The van der Waals surface area contributed by atoms with Gasteiger partial charge in [0.2, 0.25) is 5.91 Å². The Morgan fingerprint density at radius 2 is 1.95 bits per heavy atom. The Hall–Kier alpha value is -1.61. The Bertz CT molecular complexity index is 601. The van der Waals surface area contributed by atoms with E-state index in [4.69, 9.17) is 0 Å². The lowest BCUT2D eigenvalue weighted by atomic mass is 9.92. The maximum absolute atomic E-state index is 12.4. The number of hydrogen-bond acceptors (Lipinski definition) is 5. The second kappa shape index (κ2) is 7.10. The molecule has 2 atom stereocenters. The predicted molar refractivity (Wildman–Crippen MR) is 86.5 cm³/mol. The van der Waals surface area contributed by atoms with Crippen LogP contribution in [0.1, 0.15) is 37.4 Å². The number of carbonyl (C=O) groups excluding carboxylic acids is 1. The number of aromatic nitrogens is 2. The highest BCUT2D eigenvalue weighted by molar-refractivity contribution is 8.00. The molecule has 2 heterocycles. The van der Waals surface area contributed by atoms with Crippen LogP contribution in [0.25, 0.3) is 0 Å². The highest BCUT2D eigenvalue weighted by Gasteiger charge is 2.25. The van der Waals surface area contributed by atoms with Gasteiger partial charge < -0.3 is 4.90 Å². The Balaban J connectivity index is 2.04. The van der Waals surface area contributed by atoms with Crippen molar-refractivity contribution in [1.82, 2.24) is 14.9 Å². The van der Waals surface area contributed by atoms with Crippen molar-refractivity contribution in [2.45, 2.75) is 39.1 Å². The molecule has 1 fully saturated rings. The number of carbonyl (C=O) groups is 1. The molecule has 0 saturated carbocycles. The molecular formula is C16H22N4OS. The second-order valence-corrected chi connectivity index (χ2v) is 7.15.